The molecule has 2 aromatic carbocycles. The van der Waals surface area contributed by atoms with Gasteiger partial charge >= 0.3 is 0 Å². The molecule has 0 amide bonds. The summed E-state index contributed by atoms with van der Waals surface area (Å²) < 4.78 is 18.5. The molecule has 1 aliphatic heterocycles. The summed E-state index contributed by atoms with van der Waals surface area (Å²) in [5.41, 5.74) is 2.41. The standard InChI is InChI=1S/C26H36O3/c1-3-21(2)24-14-15-26(29-20-24)25(18-27-16-22-10-6-4-7-11-22)19-28-17-23-12-8-5-9-13-23/h4-13,21,24-26H,3,14-20H2,1-2H3. The minimum absolute atomic E-state index is 0.224. The van der Waals surface area contributed by atoms with Gasteiger partial charge in [0.25, 0.3) is 0 Å². The van der Waals surface area contributed by atoms with E-state index >= 15 is 0 Å². The number of hydrogen-bond donors (Lipinski definition) is 0. The van der Waals surface area contributed by atoms with E-state index < -0.39 is 0 Å². The molecule has 1 aliphatic rings. The minimum Gasteiger partial charge on any atom is -0.377 e. The van der Waals surface area contributed by atoms with Gasteiger partial charge in [-0.3, -0.25) is 0 Å². The molecule has 0 aliphatic carbocycles. The zero-order chi connectivity index (χ0) is 20.3. The van der Waals surface area contributed by atoms with Gasteiger partial charge in [0, 0.05) is 5.92 Å². The molecule has 29 heavy (non-hydrogen) atoms. The van der Waals surface area contributed by atoms with Gasteiger partial charge in [-0.05, 0) is 35.8 Å². The van der Waals surface area contributed by atoms with Crippen LogP contribution < -0.4 is 0 Å². The zero-order valence-electron chi connectivity index (χ0n) is 18.0. The van der Waals surface area contributed by atoms with Crippen molar-refractivity contribution in [3.05, 3.63) is 71.8 Å². The van der Waals surface area contributed by atoms with Crippen molar-refractivity contribution in [2.75, 3.05) is 19.8 Å². The maximum absolute atomic E-state index is 6.32. The Morgan fingerprint density at radius 3 is 1.86 bits per heavy atom. The Balaban J connectivity index is 1.51. The molecule has 3 nitrogen and oxygen atoms in total. The summed E-state index contributed by atoms with van der Waals surface area (Å²) in [5.74, 6) is 1.69. The quantitative estimate of drug-likeness (QED) is 0.475. The average Bonchev–Trinajstić information content (AvgIpc) is 2.79. The highest BCUT2D eigenvalue weighted by atomic mass is 16.5. The van der Waals surface area contributed by atoms with E-state index in [9.17, 15) is 0 Å². The number of hydrogen-bond acceptors (Lipinski definition) is 3. The van der Waals surface area contributed by atoms with E-state index in [1.54, 1.807) is 0 Å². The van der Waals surface area contributed by atoms with Crippen LogP contribution in [0.25, 0.3) is 0 Å². The fourth-order valence-electron chi connectivity index (χ4n) is 4.01. The Labute approximate surface area is 176 Å². The molecule has 0 aromatic heterocycles. The van der Waals surface area contributed by atoms with Gasteiger partial charge in [0.05, 0.1) is 39.1 Å². The molecule has 3 heteroatoms. The van der Waals surface area contributed by atoms with Crippen molar-refractivity contribution in [3.8, 4) is 0 Å². The van der Waals surface area contributed by atoms with Gasteiger partial charge in [-0.15, -0.1) is 0 Å². The van der Waals surface area contributed by atoms with E-state index in [4.69, 9.17) is 14.2 Å². The van der Waals surface area contributed by atoms with Gasteiger partial charge in [0.2, 0.25) is 0 Å². The SMILES string of the molecule is CCC(C)C1CCC(C(COCc2ccccc2)COCc2ccccc2)OC1. The summed E-state index contributed by atoms with van der Waals surface area (Å²) in [6.07, 6.45) is 3.79. The monoisotopic (exact) mass is 396 g/mol. The van der Waals surface area contributed by atoms with Crippen molar-refractivity contribution in [3.63, 3.8) is 0 Å². The number of ether oxygens (including phenoxy) is 3. The van der Waals surface area contributed by atoms with E-state index in [0.717, 1.165) is 18.9 Å². The highest BCUT2D eigenvalue weighted by Gasteiger charge is 2.30. The van der Waals surface area contributed by atoms with Crippen LogP contribution in [-0.4, -0.2) is 25.9 Å². The summed E-state index contributed by atoms with van der Waals surface area (Å²) >= 11 is 0. The van der Waals surface area contributed by atoms with E-state index in [1.807, 2.05) is 12.1 Å². The first-order valence-corrected chi connectivity index (χ1v) is 11.1. The van der Waals surface area contributed by atoms with Gasteiger partial charge in [-0.1, -0.05) is 80.9 Å². The Morgan fingerprint density at radius 1 is 0.862 bits per heavy atom. The fourth-order valence-corrected chi connectivity index (χ4v) is 4.01. The normalized spacial score (nSPS) is 20.7. The van der Waals surface area contributed by atoms with Crippen LogP contribution in [0.1, 0.15) is 44.2 Å². The summed E-state index contributed by atoms with van der Waals surface area (Å²) in [4.78, 5) is 0. The molecule has 1 heterocycles. The lowest BCUT2D eigenvalue weighted by Gasteiger charge is -2.36. The first-order valence-electron chi connectivity index (χ1n) is 11.1. The van der Waals surface area contributed by atoms with Gasteiger partial charge in [0.1, 0.15) is 0 Å². The Kier molecular flexibility index (Phi) is 9.20. The molecule has 158 valence electrons. The molecule has 3 atom stereocenters. The third-order valence-corrected chi connectivity index (χ3v) is 6.21. The molecule has 2 aromatic rings. The van der Waals surface area contributed by atoms with Crippen molar-refractivity contribution in [2.24, 2.45) is 17.8 Å². The van der Waals surface area contributed by atoms with Gasteiger partial charge in [-0.2, -0.15) is 0 Å². The van der Waals surface area contributed by atoms with Crippen LogP contribution in [0.2, 0.25) is 0 Å². The van der Waals surface area contributed by atoms with Crippen LogP contribution in [0.3, 0.4) is 0 Å². The van der Waals surface area contributed by atoms with Crippen molar-refractivity contribution >= 4 is 0 Å². The summed E-state index contributed by atoms with van der Waals surface area (Å²) in [5, 5.41) is 0. The van der Waals surface area contributed by atoms with E-state index in [1.165, 1.54) is 24.0 Å². The van der Waals surface area contributed by atoms with Crippen LogP contribution in [0, 0.1) is 17.8 Å². The zero-order valence-corrected chi connectivity index (χ0v) is 18.0. The first kappa shape index (κ1) is 22.0. The second-order valence-electron chi connectivity index (χ2n) is 8.36. The molecule has 0 N–H and O–H groups in total. The lowest BCUT2D eigenvalue weighted by Crippen LogP contribution is -2.38. The molecule has 1 saturated heterocycles. The van der Waals surface area contributed by atoms with Crippen molar-refractivity contribution < 1.29 is 14.2 Å². The van der Waals surface area contributed by atoms with Crippen LogP contribution in [0.5, 0.6) is 0 Å². The minimum atomic E-state index is 0.224. The van der Waals surface area contributed by atoms with Gasteiger partial charge in [-0.25, -0.2) is 0 Å². The Morgan fingerprint density at radius 2 is 1.41 bits per heavy atom. The van der Waals surface area contributed by atoms with Crippen LogP contribution in [0.15, 0.2) is 60.7 Å². The van der Waals surface area contributed by atoms with Crippen LogP contribution in [-0.2, 0) is 27.4 Å². The van der Waals surface area contributed by atoms with E-state index in [2.05, 4.69) is 62.4 Å². The van der Waals surface area contributed by atoms with E-state index in [0.29, 0.717) is 32.3 Å². The van der Waals surface area contributed by atoms with Gasteiger partial charge in [0.15, 0.2) is 0 Å². The molecule has 0 bridgehead atoms. The summed E-state index contributed by atoms with van der Waals surface area (Å²) in [6, 6.07) is 20.7. The maximum atomic E-state index is 6.32. The van der Waals surface area contributed by atoms with E-state index in [-0.39, 0.29) is 12.0 Å². The molecule has 1 fully saturated rings. The third kappa shape index (κ3) is 7.26. The topological polar surface area (TPSA) is 27.7 Å². The molecule has 3 unspecified atom stereocenters. The second-order valence-corrected chi connectivity index (χ2v) is 8.36. The summed E-state index contributed by atoms with van der Waals surface area (Å²) in [6.45, 7) is 8.10. The van der Waals surface area contributed by atoms with Crippen molar-refractivity contribution in [1.82, 2.24) is 0 Å². The van der Waals surface area contributed by atoms with Crippen molar-refractivity contribution in [1.29, 1.82) is 0 Å². The molecule has 0 radical (unpaired) electrons. The molecule has 3 rings (SSSR count). The smallest absolute Gasteiger partial charge is 0.0717 e. The lowest BCUT2D eigenvalue weighted by molar-refractivity contribution is -0.0985. The highest BCUT2D eigenvalue weighted by molar-refractivity contribution is 5.14. The third-order valence-electron chi connectivity index (χ3n) is 6.21. The number of rotatable bonds is 11. The Hall–Kier alpha value is -1.68. The first-order chi connectivity index (χ1) is 14.3. The molecule has 0 saturated carbocycles. The summed E-state index contributed by atoms with van der Waals surface area (Å²) in [7, 11) is 0. The van der Waals surface area contributed by atoms with Crippen LogP contribution in [0.4, 0.5) is 0 Å². The van der Waals surface area contributed by atoms with Gasteiger partial charge < -0.3 is 14.2 Å². The highest BCUT2D eigenvalue weighted by Crippen LogP contribution is 2.30. The molecule has 0 spiro atoms. The number of benzene rings is 2. The predicted molar refractivity (Wildman–Crippen MR) is 118 cm³/mol. The lowest BCUT2D eigenvalue weighted by atomic mass is 9.84. The Bertz CT molecular complexity index is 619. The maximum Gasteiger partial charge on any atom is 0.0717 e. The molecular formula is C26H36O3. The second kappa shape index (κ2) is 12.1. The van der Waals surface area contributed by atoms with Crippen LogP contribution >= 0.6 is 0 Å². The average molecular weight is 397 g/mol. The largest absolute Gasteiger partial charge is 0.377 e. The van der Waals surface area contributed by atoms with Crippen molar-refractivity contribution in [2.45, 2.75) is 52.4 Å². The molecular weight excluding hydrogens is 360 g/mol. The predicted octanol–water partition coefficient (Wildman–Crippen LogP) is 5.88. The fraction of sp³-hybridized carbons (Fsp3) is 0.538.